The minimum atomic E-state index is -1.10. The highest BCUT2D eigenvalue weighted by atomic mass is 16.5. The van der Waals surface area contributed by atoms with E-state index >= 15 is 0 Å². The van der Waals surface area contributed by atoms with Crippen LogP contribution in [0.5, 0.6) is 11.5 Å². The maximum absolute atomic E-state index is 12.3. The van der Waals surface area contributed by atoms with Crippen molar-refractivity contribution in [2.75, 3.05) is 23.9 Å². The van der Waals surface area contributed by atoms with Gasteiger partial charge in [-0.05, 0) is 29.8 Å². The summed E-state index contributed by atoms with van der Waals surface area (Å²) in [6.45, 7) is 0.786. The molecule has 0 bridgehead atoms. The predicted molar refractivity (Wildman–Crippen MR) is 121 cm³/mol. The van der Waals surface area contributed by atoms with E-state index in [1.54, 1.807) is 6.20 Å². The van der Waals surface area contributed by atoms with Crippen LogP contribution in [-0.4, -0.2) is 50.0 Å². The number of aliphatic hydroxyl groups is 2. The lowest BCUT2D eigenvalue weighted by Crippen LogP contribution is -2.44. The molecule has 0 radical (unpaired) electrons. The Morgan fingerprint density at radius 2 is 1.81 bits per heavy atom. The molecule has 2 heterocycles. The Hall–Kier alpha value is -3.95. The van der Waals surface area contributed by atoms with Crippen molar-refractivity contribution in [1.29, 1.82) is 0 Å². The smallest absolute Gasteiger partial charge is 0.238 e. The molecule has 0 saturated carbocycles. The van der Waals surface area contributed by atoms with Crippen LogP contribution in [0, 0.1) is 0 Å². The fourth-order valence-electron chi connectivity index (χ4n) is 3.43. The molecule has 2 aromatic carbocycles. The van der Waals surface area contributed by atoms with Gasteiger partial charge in [-0.25, -0.2) is 19.7 Å². The second-order valence-corrected chi connectivity index (χ2v) is 7.22. The molecule has 1 unspecified atom stereocenters. The molecule has 0 spiro atoms. The molecule has 0 aliphatic heterocycles. The molecule has 0 fully saturated rings. The van der Waals surface area contributed by atoms with Crippen LogP contribution in [0.2, 0.25) is 0 Å². The molecule has 4 rings (SSSR count). The van der Waals surface area contributed by atoms with E-state index in [1.807, 2.05) is 54.6 Å². The summed E-state index contributed by atoms with van der Waals surface area (Å²) in [7, 11) is 0. The van der Waals surface area contributed by atoms with E-state index in [1.165, 1.54) is 22.9 Å². The number of carbonyl (C=O) groups is 1. The highest BCUT2D eigenvalue weighted by molar-refractivity contribution is 6.01. The molecule has 0 aliphatic rings. The van der Waals surface area contributed by atoms with Crippen LogP contribution in [0.1, 0.15) is 6.92 Å². The van der Waals surface area contributed by atoms with Crippen LogP contribution < -0.4 is 15.5 Å². The van der Waals surface area contributed by atoms with Gasteiger partial charge in [0.25, 0.3) is 0 Å². The summed E-state index contributed by atoms with van der Waals surface area (Å²) in [5.74, 6) is 1.34. The average molecular weight is 433 g/mol. The summed E-state index contributed by atoms with van der Waals surface area (Å²) >= 11 is 0. The Labute approximate surface area is 184 Å². The molecular formula is C23H23N5O4. The van der Waals surface area contributed by atoms with E-state index in [2.05, 4.69) is 9.97 Å². The number of fused-ring (bicyclic) bond motifs is 1. The molecule has 9 nitrogen and oxygen atoms in total. The minimum Gasteiger partial charge on any atom is -0.457 e. The highest BCUT2D eigenvalue weighted by Gasteiger charge is 2.22. The van der Waals surface area contributed by atoms with Crippen molar-refractivity contribution < 1.29 is 19.7 Å². The maximum Gasteiger partial charge on any atom is 0.238 e. The van der Waals surface area contributed by atoms with E-state index in [4.69, 9.17) is 10.5 Å². The van der Waals surface area contributed by atoms with Crippen LogP contribution in [0.3, 0.4) is 0 Å². The summed E-state index contributed by atoms with van der Waals surface area (Å²) in [6, 6.07) is 16.9. The standard InChI is InChI=1S/C23H23N5O4/c1-15(30)27(11-17(31)13-29)28-12-20(21-22(24)25-14-26-23(21)28)16-7-9-19(10-8-16)32-18-5-3-2-4-6-18/h2-10,12,14,17,29,31H,11,13H2,1H3,(H2,24,25,26). The van der Waals surface area contributed by atoms with Gasteiger partial charge >= 0.3 is 0 Å². The Balaban J connectivity index is 1.75. The third-order valence-electron chi connectivity index (χ3n) is 4.96. The van der Waals surface area contributed by atoms with Crippen molar-refractivity contribution in [3.8, 4) is 22.6 Å². The monoisotopic (exact) mass is 433 g/mol. The first kappa shape index (κ1) is 21.3. The van der Waals surface area contributed by atoms with Crippen molar-refractivity contribution in [3.05, 3.63) is 67.1 Å². The number of aliphatic hydroxyl groups excluding tert-OH is 2. The van der Waals surface area contributed by atoms with E-state index in [-0.39, 0.29) is 18.3 Å². The summed E-state index contributed by atoms with van der Waals surface area (Å²) < 4.78 is 7.38. The number of nitrogens with zero attached hydrogens (tertiary/aromatic N) is 4. The van der Waals surface area contributed by atoms with Gasteiger partial charge in [0.05, 0.1) is 24.6 Å². The van der Waals surface area contributed by atoms with Gasteiger partial charge in [0.1, 0.15) is 23.6 Å². The van der Waals surface area contributed by atoms with Crippen LogP contribution in [0.15, 0.2) is 67.1 Å². The zero-order chi connectivity index (χ0) is 22.7. The first-order chi connectivity index (χ1) is 15.5. The van der Waals surface area contributed by atoms with Gasteiger partial charge in [0, 0.05) is 18.7 Å². The van der Waals surface area contributed by atoms with Crippen molar-refractivity contribution in [2.24, 2.45) is 0 Å². The second kappa shape index (κ2) is 9.04. The van der Waals surface area contributed by atoms with Gasteiger partial charge in [0.2, 0.25) is 5.91 Å². The molecule has 4 N–H and O–H groups in total. The first-order valence-electron chi connectivity index (χ1n) is 10.00. The second-order valence-electron chi connectivity index (χ2n) is 7.22. The van der Waals surface area contributed by atoms with Crippen molar-refractivity contribution >= 4 is 22.8 Å². The molecule has 2 aromatic heterocycles. The number of hydrogen-bond acceptors (Lipinski definition) is 7. The Bertz CT molecular complexity index is 1220. The number of ether oxygens (including phenoxy) is 1. The van der Waals surface area contributed by atoms with Crippen molar-refractivity contribution in [3.63, 3.8) is 0 Å². The number of carbonyl (C=O) groups excluding carboxylic acids is 1. The number of aromatic nitrogens is 3. The van der Waals surface area contributed by atoms with Gasteiger partial charge in [-0.3, -0.25) is 4.79 Å². The van der Waals surface area contributed by atoms with Crippen LogP contribution in [0.4, 0.5) is 5.82 Å². The number of nitrogens with two attached hydrogens (primary N) is 1. The molecule has 0 saturated heterocycles. The Morgan fingerprint density at radius 3 is 2.47 bits per heavy atom. The fraction of sp³-hybridized carbons (Fsp3) is 0.174. The van der Waals surface area contributed by atoms with Gasteiger partial charge < -0.3 is 20.7 Å². The topological polar surface area (TPSA) is 127 Å². The van der Waals surface area contributed by atoms with Gasteiger partial charge in [-0.1, -0.05) is 30.3 Å². The van der Waals surface area contributed by atoms with Crippen LogP contribution in [-0.2, 0) is 4.79 Å². The van der Waals surface area contributed by atoms with Crippen molar-refractivity contribution in [1.82, 2.24) is 14.6 Å². The minimum absolute atomic E-state index is 0.108. The van der Waals surface area contributed by atoms with E-state index in [0.29, 0.717) is 22.3 Å². The quantitative estimate of drug-likeness (QED) is 0.408. The zero-order valence-electron chi connectivity index (χ0n) is 17.4. The first-order valence-corrected chi connectivity index (χ1v) is 10.00. The lowest BCUT2D eigenvalue weighted by molar-refractivity contribution is -0.118. The third kappa shape index (κ3) is 4.25. The molecule has 1 atom stereocenters. The molecule has 4 aromatic rings. The predicted octanol–water partition coefficient (Wildman–Crippen LogP) is 2.31. The zero-order valence-corrected chi connectivity index (χ0v) is 17.4. The number of para-hydroxylation sites is 1. The van der Waals surface area contributed by atoms with Gasteiger partial charge in [0.15, 0.2) is 5.65 Å². The number of nitrogen functional groups attached to an aromatic ring is 1. The number of benzene rings is 2. The molecular weight excluding hydrogens is 410 g/mol. The summed E-state index contributed by atoms with van der Waals surface area (Å²) in [5.41, 5.74) is 8.11. The van der Waals surface area contributed by atoms with Gasteiger partial charge in [-0.15, -0.1) is 0 Å². The largest absolute Gasteiger partial charge is 0.457 e. The average Bonchev–Trinajstić information content (AvgIpc) is 3.19. The number of hydrogen-bond donors (Lipinski definition) is 3. The molecule has 32 heavy (non-hydrogen) atoms. The molecule has 1 amide bonds. The maximum atomic E-state index is 12.3. The van der Waals surface area contributed by atoms with E-state index < -0.39 is 12.7 Å². The molecule has 0 aliphatic carbocycles. The molecule has 9 heteroatoms. The normalized spacial score (nSPS) is 12.0. The summed E-state index contributed by atoms with van der Waals surface area (Å²) in [5, 5.41) is 21.0. The summed E-state index contributed by atoms with van der Waals surface area (Å²) in [6.07, 6.45) is 1.93. The van der Waals surface area contributed by atoms with E-state index in [0.717, 1.165) is 11.3 Å². The summed E-state index contributed by atoms with van der Waals surface area (Å²) in [4.78, 5) is 20.7. The Morgan fingerprint density at radius 1 is 1.12 bits per heavy atom. The highest BCUT2D eigenvalue weighted by Crippen LogP contribution is 2.34. The SMILES string of the molecule is CC(=O)N(CC(O)CO)n1cc(-c2ccc(Oc3ccccc3)cc2)c2c(N)ncnc21. The molecule has 164 valence electrons. The van der Waals surface area contributed by atoms with Crippen molar-refractivity contribution in [2.45, 2.75) is 13.0 Å². The third-order valence-corrected chi connectivity index (χ3v) is 4.96. The number of anilines is 1. The van der Waals surface area contributed by atoms with Crippen LogP contribution >= 0.6 is 0 Å². The fourth-order valence-corrected chi connectivity index (χ4v) is 3.43. The number of amides is 1. The van der Waals surface area contributed by atoms with Crippen LogP contribution in [0.25, 0.3) is 22.2 Å². The lowest BCUT2D eigenvalue weighted by Gasteiger charge is -2.24. The lowest BCUT2D eigenvalue weighted by atomic mass is 10.1. The Kier molecular flexibility index (Phi) is 6.02. The van der Waals surface area contributed by atoms with Gasteiger partial charge in [-0.2, -0.15) is 0 Å². The van der Waals surface area contributed by atoms with E-state index in [9.17, 15) is 15.0 Å². The number of rotatable bonds is 7.